The molecule has 2 rings (SSSR count). The zero-order valence-electron chi connectivity index (χ0n) is 10.1. The van der Waals surface area contributed by atoms with Crippen LogP contribution < -0.4 is 5.32 Å². The summed E-state index contributed by atoms with van der Waals surface area (Å²) in [7, 11) is 0. The van der Waals surface area contributed by atoms with Crippen molar-refractivity contribution >= 4 is 16.3 Å². The number of imidazole rings is 1. The van der Waals surface area contributed by atoms with Crippen molar-refractivity contribution in [3.05, 3.63) is 23.5 Å². The second-order valence-corrected chi connectivity index (χ2v) is 5.30. The van der Waals surface area contributed by atoms with Gasteiger partial charge in [0.1, 0.15) is 0 Å². The van der Waals surface area contributed by atoms with Crippen LogP contribution in [0.2, 0.25) is 0 Å². The zero-order valence-corrected chi connectivity index (χ0v) is 10.9. The molecule has 0 saturated carbocycles. The quantitative estimate of drug-likeness (QED) is 0.741. The molecule has 2 aromatic heterocycles. The van der Waals surface area contributed by atoms with Gasteiger partial charge in [-0.3, -0.25) is 4.40 Å². The normalized spacial score (nSPS) is 13.3. The van der Waals surface area contributed by atoms with E-state index in [0.717, 1.165) is 36.6 Å². The molecular weight excluding hydrogens is 234 g/mol. The summed E-state index contributed by atoms with van der Waals surface area (Å²) >= 11 is 1.66. The second kappa shape index (κ2) is 6.14. The van der Waals surface area contributed by atoms with Crippen LogP contribution in [0.4, 0.5) is 0 Å². The van der Waals surface area contributed by atoms with E-state index in [1.54, 1.807) is 11.3 Å². The van der Waals surface area contributed by atoms with Crippen molar-refractivity contribution in [2.75, 3.05) is 13.2 Å². The third-order valence-corrected chi connectivity index (χ3v) is 3.58. The number of aliphatic hydroxyl groups excluding tert-OH is 1. The molecule has 1 unspecified atom stereocenters. The number of aliphatic hydroxyl groups is 1. The highest BCUT2D eigenvalue weighted by Crippen LogP contribution is 2.11. The molecule has 17 heavy (non-hydrogen) atoms. The van der Waals surface area contributed by atoms with Gasteiger partial charge in [0.25, 0.3) is 0 Å². The Balaban J connectivity index is 1.67. The second-order valence-electron chi connectivity index (χ2n) is 4.43. The number of nitrogens with one attached hydrogen (secondary N) is 1. The zero-order chi connectivity index (χ0) is 12.1. The van der Waals surface area contributed by atoms with Gasteiger partial charge in [-0.1, -0.05) is 6.92 Å². The van der Waals surface area contributed by atoms with Crippen LogP contribution in [-0.4, -0.2) is 27.6 Å². The Labute approximate surface area is 105 Å². The maximum Gasteiger partial charge on any atom is 0.193 e. The van der Waals surface area contributed by atoms with Crippen molar-refractivity contribution in [2.24, 2.45) is 5.92 Å². The van der Waals surface area contributed by atoms with Crippen LogP contribution in [0.15, 0.2) is 17.8 Å². The minimum atomic E-state index is 0.289. The minimum absolute atomic E-state index is 0.289. The minimum Gasteiger partial charge on any atom is -0.396 e. The van der Waals surface area contributed by atoms with Gasteiger partial charge in [0, 0.05) is 30.9 Å². The highest BCUT2D eigenvalue weighted by molar-refractivity contribution is 7.15. The summed E-state index contributed by atoms with van der Waals surface area (Å²) in [4.78, 5) is 5.55. The van der Waals surface area contributed by atoms with Crippen LogP contribution >= 0.6 is 11.3 Å². The fourth-order valence-corrected chi connectivity index (χ4v) is 2.46. The van der Waals surface area contributed by atoms with Crippen LogP contribution in [0.5, 0.6) is 0 Å². The maximum atomic E-state index is 8.89. The number of nitrogens with zero attached hydrogens (tertiary/aromatic N) is 2. The highest BCUT2D eigenvalue weighted by Gasteiger charge is 2.02. The lowest BCUT2D eigenvalue weighted by Gasteiger charge is -2.07. The molecule has 0 bridgehead atoms. The first kappa shape index (κ1) is 12.5. The molecule has 2 aromatic rings. The van der Waals surface area contributed by atoms with E-state index in [1.807, 2.05) is 11.6 Å². The summed E-state index contributed by atoms with van der Waals surface area (Å²) in [5, 5.41) is 14.3. The van der Waals surface area contributed by atoms with Crippen molar-refractivity contribution in [1.82, 2.24) is 14.7 Å². The molecule has 0 aliphatic rings. The lowest BCUT2D eigenvalue weighted by atomic mass is 10.1. The molecule has 0 aliphatic carbocycles. The number of fused-ring (bicyclic) bond motifs is 1. The summed E-state index contributed by atoms with van der Waals surface area (Å²) in [6, 6.07) is 0. The van der Waals surface area contributed by atoms with Gasteiger partial charge in [-0.05, 0) is 25.3 Å². The Bertz CT molecular complexity index is 423. The highest BCUT2D eigenvalue weighted by atomic mass is 32.1. The van der Waals surface area contributed by atoms with Crippen molar-refractivity contribution in [3.8, 4) is 0 Å². The van der Waals surface area contributed by atoms with E-state index in [-0.39, 0.29) is 6.61 Å². The van der Waals surface area contributed by atoms with E-state index in [0.29, 0.717) is 5.92 Å². The topological polar surface area (TPSA) is 49.6 Å². The molecule has 5 heteroatoms. The number of hydrogen-bond donors (Lipinski definition) is 2. The molecule has 0 spiro atoms. The van der Waals surface area contributed by atoms with E-state index < -0.39 is 0 Å². The first-order valence-electron chi connectivity index (χ1n) is 6.02. The van der Waals surface area contributed by atoms with Crippen LogP contribution in [-0.2, 0) is 6.54 Å². The summed E-state index contributed by atoms with van der Waals surface area (Å²) in [6.45, 7) is 4.16. The summed E-state index contributed by atoms with van der Waals surface area (Å²) in [5.74, 6) is 0.412. The van der Waals surface area contributed by atoms with E-state index in [9.17, 15) is 0 Å². The van der Waals surface area contributed by atoms with E-state index in [2.05, 4.69) is 27.8 Å². The van der Waals surface area contributed by atoms with E-state index in [4.69, 9.17) is 5.11 Å². The average Bonchev–Trinajstić information content (AvgIpc) is 2.88. The fourth-order valence-electron chi connectivity index (χ4n) is 1.74. The van der Waals surface area contributed by atoms with Gasteiger partial charge in [-0.25, -0.2) is 4.98 Å². The van der Waals surface area contributed by atoms with Crippen molar-refractivity contribution < 1.29 is 5.11 Å². The van der Waals surface area contributed by atoms with Crippen LogP contribution in [0.25, 0.3) is 4.96 Å². The lowest BCUT2D eigenvalue weighted by Crippen LogP contribution is -2.16. The predicted octanol–water partition coefficient (Wildman–Crippen LogP) is 1.89. The molecule has 2 N–H and O–H groups in total. The van der Waals surface area contributed by atoms with Gasteiger partial charge in [0.05, 0.1) is 5.69 Å². The van der Waals surface area contributed by atoms with E-state index >= 15 is 0 Å². The van der Waals surface area contributed by atoms with Gasteiger partial charge < -0.3 is 10.4 Å². The van der Waals surface area contributed by atoms with Crippen molar-refractivity contribution in [2.45, 2.75) is 26.3 Å². The first-order valence-corrected chi connectivity index (χ1v) is 6.90. The van der Waals surface area contributed by atoms with Gasteiger partial charge in [-0.15, -0.1) is 11.3 Å². The molecule has 2 heterocycles. The number of aromatic nitrogens is 2. The molecule has 0 saturated heterocycles. The molecule has 0 amide bonds. The van der Waals surface area contributed by atoms with Gasteiger partial charge in [-0.2, -0.15) is 0 Å². The van der Waals surface area contributed by atoms with Gasteiger partial charge in [0.15, 0.2) is 4.96 Å². The average molecular weight is 253 g/mol. The SMILES string of the molecule is CC(CO)CCCNCc1cn2ccsc2n1. The number of rotatable bonds is 7. The van der Waals surface area contributed by atoms with E-state index in [1.165, 1.54) is 0 Å². The number of thiazole rings is 1. The smallest absolute Gasteiger partial charge is 0.193 e. The molecule has 0 aliphatic heterocycles. The molecule has 1 atom stereocenters. The summed E-state index contributed by atoms with van der Waals surface area (Å²) < 4.78 is 2.05. The molecule has 0 aromatic carbocycles. The Hall–Kier alpha value is -0.910. The molecular formula is C12H19N3OS. The molecule has 0 radical (unpaired) electrons. The van der Waals surface area contributed by atoms with Crippen molar-refractivity contribution in [1.29, 1.82) is 0 Å². The summed E-state index contributed by atoms with van der Waals surface area (Å²) in [5.41, 5.74) is 1.09. The standard InChI is InChI=1S/C12H19N3OS/c1-10(9-16)3-2-4-13-7-11-8-15-5-6-17-12(15)14-11/h5-6,8,10,13,16H,2-4,7,9H2,1H3. The van der Waals surface area contributed by atoms with Gasteiger partial charge >= 0.3 is 0 Å². The first-order chi connectivity index (χ1) is 8.29. The Morgan fingerprint density at radius 2 is 2.47 bits per heavy atom. The monoisotopic (exact) mass is 253 g/mol. The Morgan fingerprint density at radius 1 is 1.59 bits per heavy atom. The van der Waals surface area contributed by atoms with Crippen LogP contribution in [0, 0.1) is 5.92 Å². The summed E-state index contributed by atoms with van der Waals surface area (Å²) in [6.07, 6.45) is 6.26. The largest absolute Gasteiger partial charge is 0.396 e. The lowest BCUT2D eigenvalue weighted by molar-refractivity contribution is 0.228. The molecule has 94 valence electrons. The number of hydrogen-bond acceptors (Lipinski definition) is 4. The molecule has 0 fully saturated rings. The third-order valence-electron chi connectivity index (χ3n) is 2.81. The Morgan fingerprint density at radius 3 is 3.24 bits per heavy atom. The Kier molecular flexibility index (Phi) is 4.53. The van der Waals surface area contributed by atoms with Crippen LogP contribution in [0.1, 0.15) is 25.5 Å². The molecule has 4 nitrogen and oxygen atoms in total. The fraction of sp³-hybridized carbons (Fsp3) is 0.583. The maximum absolute atomic E-state index is 8.89. The predicted molar refractivity (Wildman–Crippen MR) is 70.3 cm³/mol. The van der Waals surface area contributed by atoms with Crippen LogP contribution in [0.3, 0.4) is 0 Å². The third kappa shape index (κ3) is 3.52. The van der Waals surface area contributed by atoms with Gasteiger partial charge in [0.2, 0.25) is 0 Å². The van der Waals surface area contributed by atoms with Crippen molar-refractivity contribution in [3.63, 3.8) is 0 Å².